The molecule has 0 spiro atoms. The predicted octanol–water partition coefficient (Wildman–Crippen LogP) is 4.05. The Hall–Kier alpha value is -2.51. The number of pyridine rings is 1. The second-order valence-electron chi connectivity index (χ2n) is 4.41. The van der Waals surface area contributed by atoms with Crippen molar-refractivity contribution in [1.29, 1.82) is 5.26 Å². The molecule has 0 radical (unpaired) electrons. The Balaban J connectivity index is 2.05. The molecule has 4 heteroatoms. The molecule has 20 heavy (non-hydrogen) atoms. The van der Waals surface area contributed by atoms with Crippen molar-refractivity contribution in [1.82, 2.24) is 9.97 Å². The van der Waals surface area contributed by atoms with Crippen LogP contribution < -0.4 is 0 Å². The Kier molecular flexibility index (Phi) is 3.28. The third-order valence-corrected chi connectivity index (χ3v) is 3.75. The van der Waals surface area contributed by atoms with E-state index < -0.39 is 0 Å². The quantitative estimate of drug-likeness (QED) is 0.710. The van der Waals surface area contributed by atoms with Gasteiger partial charge in [-0.3, -0.25) is 4.98 Å². The number of nitriles is 1. The van der Waals surface area contributed by atoms with Gasteiger partial charge in [0.25, 0.3) is 0 Å². The van der Waals surface area contributed by atoms with Crippen molar-refractivity contribution in [3.8, 4) is 28.5 Å². The van der Waals surface area contributed by atoms with Crippen molar-refractivity contribution in [3.63, 3.8) is 0 Å². The number of hydrogen-bond donors (Lipinski definition) is 0. The van der Waals surface area contributed by atoms with E-state index in [1.807, 2.05) is 36.7 Å². The highest BCUT2D eigenvalue weighted by atomic mass is 32.1. The van der Waals surface area contributed by atoms with Gasteiger partial charge in [0.2, 0.25) is 0 Å². The smallest absolute Gasteiger partial charge is 0.0991 e. The van der Waals surface area contributed by atoms with Crippen LogP contribution in [0.4, 0.5) is 0 Å². The molecule has 1 aromatic carbocycles. The van der Waals surface area contributed by atoms with Gasteiger partial charge in [0.15, 0.2) is 0 Å². The third kappa shape index (κ3) is 2.44. The summed E-state index contributed by atoms with van der Waals surface area (Å²) >= 11 is 1.63. The van der Waals surface area contributed by atoms with Crippen molar-refractivity contribution >= 4 is 11.3 Å². The fourth-order valence-electron chi connectivity index (χ4n) is 2.00. The molecule has 2 heterocycles. The van der Waals surface area contributed by atoms with Gasteiger partial charge in [0, 0.05) is 28.9 Å². The molecule has 0 unspecified atom stereocenters. The minimum atomic E-state index is 0.650. The average Bonchev–Trinajstić information content (AvgIpc) is 2.94. The lowest BCUT2D eigenvalue weighted by atomic mass is 10.0. The molecule has 0 saturated heterocycles. The van der Waals surface area contributed by atoms with Crippen molar-refractivity contribution in [2.75, 3.05) is 0 Å². The molecule has 0 aliphatic rings. The van der Waals surface area contributed by atoms with Gasteiger partial charge in [-0.15, -0.1) is 11.3 Å². The van der Waals surface area contributed by atoms with Crippen LogP contribution >= 0.6 is 11.3 Å². The van der Waals surface area contributed by atoms with Crippen LogP contribution in [0.15, 0.2) is 48.1 Å². The van der Waals surface area contributed by atoms with Crippen molar-refractivity contribution < 1.29 is 0 Å². The van der Waals surface area contributed by atoms with E-state index in [4.69, 9.17) is 5.26 Å². The zero-order valence-electron chi connectivity index (χ0n) is 10.9. The van der Waals surface area contributed by atoms with Crippen LogP contribution in [-0.2, 0) is 0 Å². The highest BCUT2D eigenvalue weighted by Crippen LogP contribution is 2.26. The summed E-state index contributed by atoms with van der Waals surface area (Å²) in [6, 6.07) is 11.7. The second-order valence-corrected chi connectivity index (χ2v) is 5.47. The average molecular weight is 277 g/mol. The fraction of sp³-hybridized carbons (Fsp3) is 0.0625. The van der Waals surface area contributed by atoms with Crippen LogP contribution in [0.2, 0.25) is 0 Å². The lowest BCUT2D eigenvalue weighted by Gasteiger charge is -2.03. The first-order valence-corrected chi connectivity index (χ1v) is 7.02. The first-order chi connectivity index (χ1) is 9.76. The summed E-state index contributed by atoms with van der Waals surface area (Å²) < 4.78 is 0. The molecule has 96 valence electrons. The molecule has 0 saturated carbocycles. The summed E-state index contributed by atoms with van der Waals surface area (Å²) in [6.07, 6.45) is 3.62. The van der Waals surface area contributed by atoms with E-state index in [1.54, 1.807) is 23.6 Å². The first-order valence-electron chi connectivity index (χ1n) is 6.14. The molecule has 0 atom stereocenters. The molecule has 0 amide bonds. The molecule has 0 aliphatic carbocycles. The fourth-order valence-corrected chi connectivity index (χ4v) is 2.62. The van der Waals surface area contributed by atoms with Gasteiger partial charge < -0.3 is 0 Å². The van der Waals surface area contributed by atoms with Crippen LogP contribution in [0.5, 0.6) is 0 Å². The Morgan fingerprint density at radius 3 is 2.70 bits per heavy atom. The van der Waals surface area contributed by atoms with E-state index in [1.165, 1.54) is 0 Å². The number of nitrogens with zero attached hydrogens (tertiary/aromatic N) is 3. The maximum absolute atomic E-state index is 8.97. The predicted molar refractivity (Wildman–Crippen MR) is 80.2 cm³/mol. The number of rotatable bonds is 2. The number of thiazole rings is 1. The van der Waals surface area contributed by atoms with Crippen molar-refractivity contribution in [2.45, 2.75) is 6.92 Å². The van der Waals surface area contributed by atoms with E-state index in [9.17, 15) is 0 Å². The summed E-state index contributed by atoms with van der Waals surface area (Å²) in [5.41, 5.74) is 4.57. The minimum Gasteiger partial charge on any atom is -0.263 e. The maximum atomic E-state index is 8.97. The second kappa shape index (κ2) is 5.24. The number of aromatic nitrogens is 2. The van der Waals surface area contributed by atoms with Gasteiger partial charge in [-0.05, 0) is 30.7 Å². The number of aryl methyl sites for hydroxylation is 1. The summed E-state index contributed by atoms with van der Waals surface area (Å²) in [5, 5.41) is 12.0. The minimum absolute atomic E-state index is 0.650. The summed E-state index contributed by atoms with van der Waals surface area (Å²) in [6.45, 7) is 1.99. The van der Waals surface area contributed by atoms with Gasteiger partial charge in [-0.2, -0.15) is 5.26 Å². The Morgan fingerprint density at radius 1 is 1.10 bits per heavy atom. The van der Waals surface area contributed by atoms with E-state index in [2.05, 4.69) is 22.1 Å². The van der Waals surface area contributed by atoms with Crippen LogP contribution in [0, 0.1) is 18.3 Å². The number of benzene rings is 1. The highest BCUT2D eigenvalue weighted by molar-refractivity contribution is 7.09. The molecule has 0 N–H and O–H groups in total. The largest absolute Gasteiger partial charge is 0.263 e. The Labute approximate surface area is 121 Å². The molecule has 0 aliphatic heterocycles. The molecule has 0 fully saturated rings. The van der Waals surface area contributed by atoms with E-state index in [0.717, 1.165) is 27.4 Å². The van der Waals surface area contributed by atoms with E-state index in [-0.39, 0.29) is 0 Å². The van der Waals surface area contributed by atoms with Crippen molar-refractivity contribution in [3.05, 3.63) is 58.7 Å². The Morgan fingerprint density at radius 2 is 1.95 bits per heavy atom. The number of hydrogen-bond acceptors (Lipinski definition) is 4. The standard InChI is InChI=1S/C16H11N3S/c1-11-19-16(10-20-11)15-6-14(8-18-9-15)13-4-2-3-12(5-13)7-17/h2-6,8-10H,1H3. The molecule has 0 bridgehead atoms. The zero-order chi connectivity index (χ0) is 13.9. The SMILES string of the molecule is Cc1nc(-c2cncc(-c3cccc(C#N)c3)c2)cs1. The molecule has 3 nitrogen and oxygen atoms in total. The topological polar surface area (TPSA) is 49.6 Å². The monoisotopic (exact) mass is 277 g/mol. The molecule has 3 aromatic rings. The van der Waals surface area contributed by atoms with Gasteiger partial charge in [0.05, 0.1) is 22.3 Å². The van der Waals surface area contributed by atoms with Crippen LogP contribution in [0.1, 0.15) is 10.6 Å². The highest BCUT2D eigenvalue weighted by Gasteiger charge is 2.05. The van der Waals surface area contributed by atoms with Crippen LogP contribution in [-0.4, -0.2) is 9.97 Å². The molecular weight excluding hydrogens is 266 g/mol. The zero-order valence-corrected chi connectivity index (χ0v) is 11.7. The normalized spacial score (nSPS) is 10.2. The summed E-state index contributed by atoms with van der Waals surface area (Å²) in [7, 11) is 0. The lowest BCUT2D eigenvalue weighted by molar-refractivity contribution is 1.27. The van der Waals surface area contributed by atoms with E-state index in [0.29, 0.717) is 5.56 Å². The van der Waals surface area contributed by atoms with Gasteiger partial charge in [-0.25, -0.2) is 4.98 Å². The van der Waals surface area contributed by atoms with Crippen LogP contribution in [0.3, 0.4) is 0 Å². The summed E-state index contributed by atoms with van der Waals surface area (Å²) in [5.74, 6) is 0. The van der Waals surface area contributed by atoms with Crippen molar-refractivity contribution in [2.24, 2.45) is 0 Å². The summed E-state index contributed by atoms with van der Waals surface area (Å²) in [4.78, 5) is 8.76. The van der Waals surface area contributed by atoms with Gasteiger partial charge >= 0.3 is 0 Å². The van der Waals surface area contributed by atoms with E-state index >= 15 is 0 Å². The maximum Gasteiger partial charge on any atom is 0.0991 e. The molecular formula is C16H11N3S. The van der Waals surface area contributed by atoms with Crippen LogP contribution in [0.25, 0.3) is 22.4 Å². The Bertz CT molecular complexity index is 799. The first kappa shape index (κ1) is 12.5. The third-order valence-electron chi connectivity index (χ3n) is 2.98. The lowest BCUT2D eigenvalue weighted by Crippen LogP contribution is -1.85. The molecule has 2 aromatic heterocycles. The molecule has 3 rings (SSSR count). The van der Waals surface area contributed by atoms with Gasteiger partial charge in [0.1, 0.15) is 0 Å². The van der Waals surface area contributed by atoms with Gasteiger partial charge in [-0.1, -0.05) is 12.1 Å².